The van der Waals surface area contributed by atoms with Crippen molar-refractivity contribution in [2.45, 2.75) is 52.5 Å². The van der Waals surface area contributed by atoms with Crippen LogP contribution in [-0.2, 0) is 4.79 Å². The highest BCUT2D eigenvalue weighted by molar-refractivity contribution is 5.85. The van der Waals surface area contributed by atoms with Gasteiger partial charge in [-0.2, -0.15) is 0 Å². The SMILES string of the molecule is CCC(C)CN(CC)C(=O)CC1CCCN1.Cl. The Bertz CT molecular complexity index is 217. The largest absolute Gasteiger partial charge is 0.343 e. The van der Waals surface area contributed by atoms with Crippen LogP contribution in [0.2, 0.25) is 0 Å². The number of hydrogen-bond acceptors (Lipinski definition) is 2. The highest BCUT2D eigenvalue weighted by Crippen LogP contribution is 2.12. The highest BCUT2D eigenvalue weighted by atomic mass is 35.5. The number of amides is 1. The molecule has 0 bridgehead atoms. The Morgan fingerprint density at radius 1 is 1.47 bits per heavy atom. The van der Waals surface area contributed by atoms with Crippen LogP contribution in [-0.4, -0.2) is 36.5 Å². The molecule has 0 aromatic carbocycles. The quantitative estimate of drug-likeness (QED) is 0.798. The molecule has 4 heteroatoms. The lowest BCUT2D eigenvalue weighted by Crippen LogP contribution is -2.38. The molecule has 0 radical (unpaired) electrons. The van der Waals surface area contributed by atoms with E-state index in [1.165, 1.54) is 6.42 Å². The van der Waals surface area contributed by atoms with E-state index in [0.717, 1.165) is 32.5 Å². The van der Waals surface area contributed by atoms with Gasteiger partial charge < -0.3 is 10.2 Å². The van der Waals surface area contributed by atoms with Gasteiger partial charge in [0.1, 0.15) is 0 Å². The maximum Gasteiger partial charge on any atom is 0.224 e. The molecule has 0 saturated carbocycles. The van der Waals surface area contributed by atoms with Crippen molar-refractivity contribution in [1.29, 1.82) is 0 Å². The van der Waals surface area contributed by atoms with E-state index in [2.05, 4.69) is 26.1 Å². The molecule has 1 rings (SSSR count). The molecule has 0 spiro atoms. The normalized spacial score (nSPS) is 20.8. The second-order valence-corrected chi connectivity index (χ2v) is 4.94. The van der Waals surface area contributed by atoms with Crippen LogP contribution in [0.4, 0.5) is 0 Å². The van der Waals surface area contributed by atoms with Crippen LogP contribution in [0, 0.1) is 5.92 Å². The number of hydrogen-bond donors (Lipinski definition) is 1. The van der Waals surface area contributed by atoms with E-state index in [9.17, 15) is 4.79 Å². The Balaban J connectivity index is 0.00000256. The molecular formula is C13H27ClN2O. The molecule has 1 fully saturated rings. The summed E-state index contributed by atoms with van der Waals surface area (Å²) >= 11 is 0. The van der Waals surface area contributed by atoms with Gasteiger partial charge in [0.05, 0.1) is 0 Å². The third-order valence-electron chi connectivity index (χ3n) is 3.55. The van der Waals surface area contributed by atoms with Gasteiger partial charge in [0, 0.05) is 25.6 Å². The summed E-state index contributed by atoms with van der Waals surface area (Å²) in [5.41, 5.74) is 0. The minimum absolute atomic E-state index is 0. The third kappa shape index (κ3) is 5.73. The Labute approximate surface area is 112 Å². The molecule has 3 nitrogen and oxygen atoms in total. The number of rotatable bonds is 6. The summed E-state index contributed by atoms with van der Waals surface area (Å²) in [6.45, 7) is 9.30. The van der Waals surface area contributed by atoms with Crippen molar-refractivity contribution in [2.75, 3.05) is 19.6 Å². The van der Waals surface area contributed by atoms with Crippen molar-refractivity contribution in [3.63, 3.8) is 0 Å². The number of carbonyl (C=O) groups excluding carboxylic acids is 1. The van der Waals surface area contributed by atoms with Crippen molar-refractivity contribution in [1.82, 2.24) is 10.2 Å². The summed E-state index contributed by atoms with van der Waals surface area (Å²) in [7, 11) is 0. The summed E-state index contributed by atoms with van der Waals surface area (Å²) in [5.74, 6) is 0.933. The van der Waals surface area contributed by atoms with Gasteiger partial charge in [0.25, 0.3) is 0 Å². The maximum absolute atomic E-state index is 12.1. The van der Waals surface area contributed by atoms with Crippen molar-refractivity contribution < 1.29 is 4.79 Å². The minimum atomic E-state index is 0. The molecule has 0 aromatic heterocycles. The summed E-state index contributed by atoms with van der Waals surface area (Å²) in [4.78, 5) is 14.1. The second kappa shape index (κ2) is 8.76. The minimum Gasteiger partial charge on any atom is -0.343 e. The van der Waals surface area contributed by atoms with E-state index in [-0.39, 0.29) is 12.4 Å². The molecule has 17 heavy (non-hydrogen) atoms. The second-order valence-electron chi connectivity index (χ2n) is 4.94. The maximum atomic E-state index is 12.1. The van der Waals surface area contributed by atoms with E-state index in [1.54, 1.807) is 0 Å². The molecule has 1 N–H and O–H groups in total. The van der Waals surface area contributed by atoms with Gasteiger partial charge in [-0.05, 0) is 32.2 Å². The lowest BCUT2D eigenvalue weighted by molar-refractivity contribution is -0.132. The van der Waals surface area contributed by atoms with E-state index in [0.29, 0.717) is 24.3 Å². The first kappa shape index (κ1) is 16.7. The van der Waals surface area contributed by atoms with Crippen LogP contribution >= 0.6 is 12.4 Å². The molecule has 2 unspecified atom stereocenters. The first-order valence-electron chi connectivity index (χ1n) is 6.68. The summed E-state index contributed by atoms with van der Waals surface area (Å²) < 4.78 is 0. The number of nitrogens with zero attached hydrogens (tertiary/aromatic N) is 1. The van der Waals surface area contributed by atoms with Crippen LogP contribution in [0.1, 0.15) is 46.5 Å². The molecule has 1 heterocycles. The number of carbonyl (C=O) groups is 1. The van der Waals surface area contributed by atoms with Crippen molar-refractivity contribution in [2.24, 2.45) is 5.92 Å². The van der Waals surface area contributed by atoms with Gasteiger partial charge in [-0.3, -0.25) is 4.79 Å². The number of nitrogens with one attached hydrogen (secondary N) is 1. The third-order valence-corrected chi connectivity index (χ3v) is 3.55. The van der Waals surface area contributed by atoms with Gasteiger partial charge in [-0.25, -0.2) is 0 Å². The van der Waals surface area contributed by atoms with Crippen molar-refractivity contribution in [3.8, 4) is 0 Å². The van der Waals surface area contributed by atoms with Crippen LogP contribution in [0.25, 0.3) is 0 Å². The Morgan fingerprint density at radius 2 is 2.18 bits per heavy atom. The average Bonchev–Trinajstić information content (AvgIpc) is 2.77. The Hall–Kier alpha value is -0.280. The monoisotopic (exact) mass is 262 g/mol. The first-order chi connectivity index (χ1) is 7.67. The zero-order valence-corrected chi connectivity index (χ0v) is 12.2. The summed E-state index contributed by atoms with van der Waals surface area (Å²) in [5, 5.41) is 3.39. The van der Waals surface area contributed by atoms with Crippen LogP contribution in [0.3, 0.4) is 0 Å². The van der Waals surface area contributed by atoms with E-state index >= 15 is 0 Å². The smallest absolute Gasteiger partial charge is 0.224 e. The highest BCUT2D eigenvalue weighted by Gasteiger charge is 2.21. The van der Waals surface area contributed by atoms with Gasteiger partial charge in [-0.15, -0.1) is 12.4 Å². The predicted octanol–water partition coefficient (Wildman–Crippen LogP) is 2.44. The van der Waals surface area contributed by atoms with Gasteiger partial charge in [0.15, 0.2) is 0 Å². The average molecular weight is 263 g/mol. The molecule has 2 atom stereocenters. The van der Waals surface area contributed by atoms with E-state index < -0.39 is 0 Å². The van der Waals surface area contributed by atoms with E-state index in [4.69, 9.17) is 0 Å². The standard InChI is InChI=1S/C13H26N2O.ClH/c1-4-11(3)10-15(5-2)13(16)9-12-7-6-8-14-12;/h11-12,14H,4-10H2,1-3H3;1H. The van der Waals surface area contributed by atoms with E-state index in [1.807, 2.05) is 4.90 Å². The Morgan fingerprint density at radius 3 is 2.65 bits per heavy atom. The molecule has 1 saturated heterocycles. The predicted molar refractivity (Wildman–Crippen MR) is 74.6 cm³/mol. The number of halogens is 1. The lowest BCUT2D eigenvalue weighted by atomic mass is 10.1. The molecule has 1 amide bonds. The summed E-state index contributed by atoms with van der Waals surface area (Å²) in [6, 6.07) is 0.429. The van der Waals surface area contributed by atoms with Crippen LogP contribution in [0.5, 0.6) is 0 Å². The Kier molecular flexibility index (Phi) is 8.61. The molecule has 1 aliphatic rings. The topological polar surface area (TPSA) is 32.3 Å². The zero-order valence-electron chi connectivity index (χ0n) is 11.4. The fourth-order valence-electron chi connectivity index (χ4n) is 2.18. The van der Waals surface area contributed by atoms with Gasteiger partial charge in [0.2, 0.25) is 5.91 Å². The van der Waals surface area contributed by atoms with Crippen molar-refractivity contribution >= 4 is 18.3 Å². The molecule has 0 aromatic rings. The molecule has 102 valence electrons. The van der Waals surface area contributed by atoms with Crippen LogP contribution in [0.15, 0.2) is 0 Å². The summed E-state index contributed by atoms with van der Waals surface area (Å²) in [6.07, 6.45) is 4.21. The van der Waals surface area contributed by atoms with Gasteiger partial charge in [-0.1, -0.05) is 20.3 Å². The zero-order chi connectivity index (χ0) is 12.0. The van der Waals surface area contributed by atoms with Crippen molar-refractivity contribution in [3.05, 3.63) is 0 Å². The molecular weight excluding hydrogens is 236 g/mol. The first-order valence-corrected chi connectivity index (χ1v) is 6.68. The lowest BCUT2D eigenvalue weighted by Gasteiger charge is -2.25. The molecule has 1 aliphatic heterocycles. The molecule has 0 aliphatic carbocycles. The fraction of sp³-hybridized carbons (Fsp3) is 0.923. The van der Waals surface area contributed by atoms with Gasteiger partial charge >= 0.3 is 0 Å². The van der Waals surface area contributed by atoms with Crippen LogP contribution < -0.4 is 5.32 Å². The fourth-order valence-corrected chi connectivity index (χ4v) is 2.18.